The average molecular weight is 558 g/mol. The second-order valence-electron chi connectivity index (χ2n) is 8.83. The van der Waals surface area contributed by atoms with Gasteiger partial charge in [-0.3, -0.25) is 14.6 Å². The fraction of sp³-hybridized carbons (Fsp3) is 0.458. The first kappa shape index (κ1) is 29.7. The summed E-state index contributed by atoms with van der Waals surface area (Å²) in [5, 5.41) is 8.96. The molecule has 0 radical (unpaired) electrons. The molecule has 1 fully saturated rings. The van der Waals surface area contributed by atoms with Gasteiger partial charge >= 0.3 is 18.3 Å². The Kier molecular flexibility index (Phi) is 8.99. The molecule has 2 aromatic carbocycles. The number of ether oxygens (including phenoxy) is 1. The summed E-state index contributed by atoms with van der Waals surface area (Å²) in [5.41, 5.74) is -3.54. The Hall–Kier alpha value is -2.84. The summed E-state index contributed by atoms with van der Waals surface area (Å²) in [5.74, 6) is -5.75. The summed E-state index contributed by atoms with van der Waals surface area (Å²) in [7, 11) is 0. The third kappa shape index (κ3) is 7.38. The van der Waals surface area contributed by atoms with E-state index in [0.717, 1.165) is 12.1 Å². The summed E-state index contributed by atoms with van der Waals surface area (Å²) in [6, 6.07) is 1.52. The number of rotatable bonds is 8. The van der Waals surface area contributed by atoms with E-state index in [2.05, 4.69) is 0 Å². The number of carboxylic acids is 1. The molecule has 0 saturated carbocycles. The maximum absolute atomic E-state index is 14.0. The Morgan fingerprint density at radius 3 is 1.82 bits per heavy atom. The predicted molar refractivity (Wildman–Crippen MR) is 116 cm³/mol. The number of aliphatic carboxylic acids is 1. The largest absolute Gasteiger partial charge is 0.480 e. The molecule has 210 valence electrons. The van der Waals surface area contributed by atoms with E-state index in [1.807, 2.05) is 0 Å². The van der Waals surface area contributed by atoms with E-state index < -0.39 is 71.2 Å². The van der Waals surface area contributed by atoms with Crippen LogP contribution < -0.4 is 0 Å². The van der Waals surface area contributed by atoms with Crippen LogP contribution in [0.3, 0.4) is 0 Å². The van der Waals surface area contributed by atoms with E-state index in [4.69, 9.17) is 9.84 Å². The molecule has 2 unspecified atom stereocenters. The number of nitrogens with zero attached hydrogens (tertiary/aromatic N) is 2. The van der Waals surface area contributed by atoms with Gasteiger partial charge in [-0.1, -0.05) is 0 Å². The number of hydrogen-bond acceptors (Lipinski definition) is 4. The molecule has 5 nitrogen and oxygen atoms in total. The van der Waals surface area contributed by atoms with Crippen LogP contribution in [0.5, 0.6) is 0 Å². The second-order valence-corrected chi connectivity index (χ2v) is 8.83. The molecule has 1 heterocycles. The molecule has 1 aliphatic heterocycles. The minimum absolute atomic E-state index is 0.0142. The molecule has 0 bridgehead atoms. The number of benzene rings is 2. The van der Waals surface area contributed by atoms with E-state index in [9.17, 15) is 44.3 Å². The van der Waals surface area contributed by atoms with Crippen LogP contribution in [-0.4, -0.2) is 60.2 Å². The predicted octanol–water partition coefficient (Wildman–Crippen LogP) is 5.66. The minimum atomic E-state index is -5.06. The molecule has 0 aromatic heterocycles. The SMILES string of the molecule is CC(OCC(c1cc(F)c(F)c(F)c1)N1CCN(CC(=O)O)CC1)c1cc(C(F)(F)F)cc(C(F)(F)F)c1. The van der Waals surface area contributed by atoms with E-state index in [0.29, 0.717) is 12.1 Å². The molecular formula is C24H23F9N2O3. The van der Waals surface area contributed by atoms with Crippen LogP contribution in [0.4, 0.5) is 39.5 Å². The normalized spacial score (nSPS) is 17.4. The van der Waals surface area contributed by atoms with Crippen molar-refractivity contribution < 1.29 is 54.2 Å². The van der Waals surface area contributed by atoms with Gasteiger partial charge in [0.1, 0.15) is 0 Å². The van der Waals surface area contributed by atoms with E-state index in [1.165, 1.54) is 6.92 Å². The summed E-state index contributed by atoms with van der Waals surface area (Å²) < 4.78 is 127. The third-order valence-electron chi connectivity index (χ3n) is 6.18. The van der Waals surface area contributed by atoms with Crippen LogP contribution in [0.25, 0.3) is 0 Å². The van der Waals surface area contributed by atoms with Gasteiger partial charge in [0, 0.05) is 26.2 Å². The average Bonchev–Trinajstić information content (AvgIpc) is 2.81. The van der Waals surface area contributed by atoms with Gasteiger partial charge in [-0.05, 0) is 48.4 Å². The van der Waals surface area contributed by atoms with E-state index in [1.54, 1.807) is 9.80 Å². The lowest BCUT2D eigenvalue weighted by molar-refractivity contribution is -0.143. The van der Waals surface area contributed by atoms with Gasteiger partial charge in [0.25, 0.3) is 0 Å². The molecule has 3 rings (SSSR count). The van der Waals surface area contributed by atoms with Crippen LogP contribution >= 0.6 is 0 Å². The number of hydrogen-bond donors (Lipinski definition) is 1. The van der Waals surface area contributed by atoms with Crippen LogP contribution in [-0.2, 0) is 21.9 Å². The van der Waals surface area contributed by atoms with E-state index >= 15 is 0 Å². The molecule has 14 heteroatoms. The Morgan fingerprint density at radius 1 is 0.868 bits per heavy atom. The van der Waals surface area contributed by atoms with Gasteiger partial charge in [0.15, 0.2) is 17.5 Å². The van der Waals surface area contributed by atoms with Crippen molar-refractivity contribution in [1.29, 1.82) is 0 Å². The molecule has 38 heavy (non-hydrogen) atoms. The number of piperazine rings is 1. The zero-order valence-electron chi connectivity index (χ0n) is 19.8. The topological polar surface area (TPSA) is 53.0 Å². The fourth-order valence-electron chi connectivity index (χ4n) is 4.15. The van der Waals surface area contributed by atoms with Gasteiger partial charge in [-0.15, -0.1) is 0 Å². The van der Waals surface area contributed by atoms with Crippen molar-refractivity contribution in [3.63, 3.8) is 0 Å². The lowest BCUT2D eigenvalue weighted by Crippen LogP contribution is -2.49. The molecule has 1 aliphatic rings. The van der Waals surface area contributed by atoms with Crippen LogP contribution in [0.2, 0.25) is 0 Å². The zero-order valence-corrected chi connectivity index (χ0v) is 19.8. The molecule has 1 N–H and O–H groups in total. The second kappa shape index (κ2) is 11.5. The highest BCUT2D eigenvalue weighted by Gasteiger charge is 2.37. The van der Waals surface area contributed by atoms with Gasteiger partial charge in [0.2, 0.25) is 0 Å². The van der Waals surface area contributed by atoms with Crippen molar-refractivity contribution in [2.24, 2.45) is 0 Å². The van der Waals surface area contributed by atoms with Gasteiger partial charge < -0.3 is 9.84 Å². The highest BCUT2D eigenvalue weighted by Crippen LogP contribution is 2.38. The molecular weight excluding hydrogens is 535 g/mol. The zero-order chi connectivity index (χ0) is 28.4. The van der Waals surface area contributed by atoms with Crippen molar-refractivity contribution in [2.75, 3.05) is 39.3 Å². The molecule has 0 spiro atoms. The monoisotopic (exact) mass is 558 g/mol. The van der Waals surface area contributed by atoms with Crippen molar-refractivity contribution in [1.82, 2.24) is 9.80 Å². The number of halogens is 9. The van der Waals surface area contributed by atoms with Crippen LogP contribution in [0.15, 0.2) is 30.3 Å². The molecule has 1 saturated heterocycles. The summed E-state index contributed by atoms with van der Waals surface area (Å²) in [6.45, 7) is 1.42. The minimum Gasteiger partial charge on any atom is -0.480 e. The van der Waals surface area contributed by atoms with Crippen molar-refractivity contribution in [2.45, 2.75) is 31.4 Å². The molecule has 0 amide bonds. The maximum atomic E-state index is 14.0. The lowest BCUT2D eigenvalue weighted by Gasteiger charge is -2.39. The Labute approximate surface area is 211 Å². The standard InChI is InChI=1S/C24H23F9N2O3/c1-13(14-6-16(23(28,29)30)10-17(7-14)24(31,32)33)38-12-20(15-8-18(25)22(27)19(26)9-15)35-4-2-34(3-5-35)11-21(36)37/h6-10,13,20H,2-5,11-12H2,1H3,(H,36,37). The summed E-state index contributed by atoms with van der Waals surface area (Å²) in [4.78, 5) is 14.2. The first-order valence-corrected chi connectivity index (χ1v) is 11.3. The third-order valence-corrected chi connectivity index (χ3v) is 6.18. The highest BCUT2D eigenvalue weighted by atomic mass is 19.4. The van der Waals surface area contributed by atoms with Gasteiger partial charge in [-0.2, -0.15) is 26.3 Å². The Bertz CT molecular complexity index is 1090. The first-order chi connectivity index (χ1) is 17.6. The van der Waals surface area contributed by atoms with Crippen molar-refractivity contribution in [3.8, 4) is 0 Å². The summed E-state index contributed by atoms with van der Waals surface area (Å²) in [6.07, 6.45) is -11.4. The van der Waals surface area contributed by atoms with Crippen molar-refractivity contribution >= 4 is 5.97 Å². The first-order valence-electron chi connectivity index (χ1n) is 11.3. The Balaban J connectivity index is 1.87. The molecule has 0 aliphatic carbocycles. The summed E-state index contributed by atoms with van der Waals surface area (Å²) >= 11 is 0. The quantitative estimate of drug-likeness (QED) is 0.335. The maximum Gasteiger partial charge on any atom is 0.416 e. The highest BCUT2D eigenvalue weighted by molar-refractivity contribution is 5.69. The molecule has 2 aromatic rings. The number of alkyl halides is 6. The van der Waals surface area contributed by atoms with Crippen LogP contribution in [0.1, 0.15) is 41.3 Å². The Morgan fingerprint density at radius 2 is 1.37 bits per heavy atom. The molecule has 2 atom stereocenters. The number of carbonyl (C=O) groups is 1. The lowest BCUT2D eigenvalue weighted by atomic mass is 10.0. The van der Waals surface area contributed by atoms with Gasteiger partial charge in [0.05, 0.1) is 36.4 Å². The van der Waals surface area contributed by atoms with Crippen LogP contribution in [0, 0.1) is 17.5 Å². The number of carboxylic acid groups (broad SMARTS) is 1. The smallest absolute Gasteiger partial charge is 0.416 e. The van der Waals surface area contributed by atoms with E-state index in [-0.39, 0.29) is 44.4 Å². The van der Waals surface area contributed by atoms with Crippen molar-refractivity contribution in [3.05, 3.63) is 70.0 Å². The van der Waals surface area contributed by atoms with Gasteiger partial charge in [-0.25, -0.2) is 13.2 Å². The fourth-order valence-corrected chi connectivity index (χ4v) is 4.15.